The molecule has 0 bridgehead atoms. The van der Waals surface area contributed by atoms with Gasteiger partial charge in [0.25, 0.3) is 0 Å². The predicted molar refractivity (Wildman–Crippen MR) is 107 cm³/mol. The van der Waals surface area contributed by atoms with E-state index in [1.807, 2.05) is 20.8 Å². The van der Waals surface area contributed by atoms with Crippen molar-refractivity contribution in [1.82, 2.24) is 20.0 Å². The van der Waals surface area contributed by atoms with Crippen LogP contribution in [0.3, 0.4) is 0 Å². The van der Waals surface area contributed by atoms with Gasteiger partial charge in [0.2, 0.25) is 11.8 Å². The van der Waals surface area contributed by atoms with Crippen LogP contribution in [0.2, 0.25) is 0 Å². The van der Waals surface area contributed by atoms with Gasteiger partial charge in [-0.3, -0.25) is 9.59 Å². The van der Waals surface area contributed by atoms with Gasteiger partial charge >= 0.3 is 6.03 Å². The number of rotatable bonds is 8. The number of carbonyl (C=O) groups is 3. The van der Waals surface area contributed by atoms with Gasteiger partial charge in [0.15, 0.2) is 0 Å². The summed E-state index contributed by atoms with van der Waals surface area (Å²) < 4.78 is 5.13. The molecule has 0 aromatic heterocycles. The highest BCUT2D eigenvalue weighted by Crippen LogP contribution is 2.29. The molecule has 0 aromatic rings. The zero-order valence-corrected chi connectivity index (χ0v) is 18.2. The van der Waals surface area contributed by atoms with E-state index in [-0.39, 0.29) is 41.8 Å². The summed E-state index contributed by atoms with van der Waals surface area (Å²) in [6, 6.07) is -0.756. The summed E-state index contributed by atoms with van der Waals surface area (Å²) in [5.41, 5.74) is -0.0151. The summed E-state index contributed by atoms with van der Waals surface area (Å²) in [6.07, 6.45) is 0.620. The molecule has 0 unspecified atom stereocenters. The van der Waals surface area contributed by atoms with Gasteiger partial charge in [-0.25, -0.2) is 4.79 Å². The monoisotopic (exact) mass is 396 g/mol. The van der Waals surface area contributed by atoms with E-state index in [1.54, 1.807) is 21.8 Å². The Bertz CT molecular complexity index is 587. The van der Waals surface area contributed by atoms with Gasteiger partial charge in [0, 0.05) is 33.3 Å². The molecule has 2 atom stereocenters. The Balaban J connectivity index is 2.09. The lowest BCUT2D eigenvalue weighted by Gasteiger charge is -2.42. The molecule has 4 amide bonds. The predicted octanol–water partition coefficient (Wildman–Crippen LogP) is 1.16. The van der Waals surface area contributed by atoms with Crippen molar-refractivity contribution in [3.05, 3.63) is 0 Å². The number of piperazine rings is 1. The molecule has 28 heavy (non-hydrogen) atoms. The summed E-state index contributed by atoms with van der Waals surface area (Å²) in [6.45, 7) is 12.8. The minimum atomic E-state index is -0.467. The zero-order chi connectivity index (χ0) is 21.1. The van der Waals surface area contributed by atoms with Crippen molar-refractivity contribution < 1.29 is 19.1 Å². The molecule has 0 spiro atoms. The molecule has 0 aromatic carbocycles. The molecular formula is C20H36N4O4. The van der Waals surface area contributed by atoms with E-state index >= 15 is 0 Å². The summed E-state index contributed by atoms with van der Waals surface area (Å²) >= 11 is 0. The molecule has 2 fully saturated rings. The Labute approximate surface area is 168 Å². The molecule has 1 N–H and O–H groups in total. The molecule has 2 aliphatic rings. The molecule has 8 nitrogen and oxygen atoms in total. The van der Waals surface area contributed by atoms with Crippen LogP contribution in [0.4, 0.5) is 4.79 Å². The molecule has 8 heteroatoms. The van der Waals surface area contributed by atoms with Crippen molar-refractivity contribution in [2.75, 3.05) is 46.4 Å². The molecule has 0 radical (unpaired) electrons. The van der Waals surface area contributed by atoms with E-state index in [2.05, 4.69) is 19.2 Å². The minimum Gasteiger partial charge on any atom is -0.383 e. The highest BCUT2D eigenvalue weighted by molar-refractivity contribution is 5.91. The second kappa shape index (κ2) is 9.11. The van der Waals surface area contributed by atoms with Crippen LogP contribution in [0.25, 0.3) is 0 Å². The lowest BCUT2D eigenvalue weighted by Crippen LogP contribution is -2.61. The third-order valence-electron chi connectivity index (χ3n) is 5.09. The number of hydrogen-bond acceptors (Lipinski definition) is 4. The van der Waals surface area contributed by atoms with Crippen molar-refractivity contribution in [2.45, 2.75) is 53.1 Å². The third kappa shape index (κ3) is 5.59. The van der Waals surface area contributed by atoms with Crippen LogP contribution >= 0.6 is 0 Å². The second-order valence-electron chi connectivity index (χ2n) is 9.48. The molecular weight excluding hydrogens is 360 g/mol. The molecule has 0 aliphatic carbocycles. The maximum absolute atomic E-state index is 13.0. The first-order chi connectivity index (χ1) is 13.0. The number of ether oxygens (including phenoxy) is 1. The Hall–Kier alpha value is -1.83. The first kappa shape index (κ1) is 22.5. The number of nitrogens with one attached hydrogen (secondary N) is 1. The summed E-state index contributed by atoms with van der Waals surface area (Å²) in [4.78, 5) is 43.4. The molecule has 160 valence electrons. The van der Waals surface area contributed by atoms with Gasteiger partial charge in [-0.15, -0.1) is 0 Å². The SMILES string of the molecule is COCCN1C[C@H]2CN(CC(=O)NCC(C)(C)C)C(=O)N2[C@@H](CC(C)C)C1=O. The van der Waals surface area contributed by atoms with Gasteiger partial charge in [-0.1, -0.05) is 34.6 Å². The van der Waals surface area contributed by atoms with Crippen LogP contribution in [0.15, 0.2) is 0 Å². The Morgan fingerprint density at radius 2 is 1.86 bits per heavy atom. The lowest BCUT2D eigenvalue weighted by molar-refractivity contribution is -0.143. The van der Waals surface area contributed by atoms with Gasteiger partial charge in [-0.2, -0.15) is 0 Å². The van der Waals surface area contributed by atoms with E-state index in [9.17, 15) is 14.4 Å². The molecule has 2 saturated heterocycles. The van der Waals surface area contributed by atoms with Gasteiger partial charge in [0.05, 0.1) is 12.6 Å². The Morgan fingerprint density at radius 1 is 1.21 bits per heavy atom. The number of methoxy groups -OCH3 is 1. The van der Waals surface area contributed by atoms with Crippen molar-refractivity contribution in [3.8, 4) is 0 Å². The number of hydrogen-bond donors (Lipinski definition) is 1. The van der Waals surface area contributed by atoms with Crippen LogP contribution in [0.1, 0.15) is 41.0 Å². The van der Waals surface area contributed by atoms with Crippen LogP contribution in [-0.4, -0.2) is 91.1 Å². The molecule has 2 heterocycles. The van der Waals surface area contributed by atoms with Crippen molar-refractivity contribution >= 4 is 17.8 Å². The van der Waals surface area contributed by atoms with Crippen molar-refractivity contribution in [3.63, 3.8) is 0 Å². The Kier molecular flexibility index (Phi) is 7.31. The minimum absolute atomic E-state index is 0.0151. The third-order valence-corrected chi connectivity index (χ3v) is 5.09. The van der Waals surface area contributed by atoms with E-state index in [0.717, 1.165) is 0 Å². The molecule has 0 saturated carbocycles. The zero-order valence-electron chi connectivity index (χ0n) is 18.2. The fourth-order valence-corrected chi connectivity index (χ4v) is 3.74. The van der Waals surface area contributed by atoms with Crippen LogP contribution in [0, 0.1) is 11.3 Å². The van der Waals surface area contributed by atoms with Gasteiger partial charge in [0.1, 0.15) is 12.6 Å². The average Bonchev–Trinajstić information content (AvgIpc) is 2.89. The average molecular weight is 397 g/mol. The molecule has 2 rings (SSSR count). The number of carbonyl (C=O) groups excluding carboxylic acids is 3. The lowest BCUT2D eigenvalue weighted by atomic mass is 9.97. The second-order valence-corrected chi connectivity index (χ2v) is 9.48. The summed E-state index contributed by atoms with van der Waals surface area (Å²) in [5, 5.41) is 2.90. The number of nitrogens with zero attached hydrogens (tertiary/aromatic N) is 3. The van der Waals surface area contributed by atoms with E-state index in [0.29, 0.717) is 39.2 Å². The maximum Gasteiger partial charge on any atom is 0.321 e. The number of fused-ring (bicyclic) bond motifs is 1. The largest absolute Gasteiger partial charge is 0.383 e. The van der Waals surface area contributed by atoms with E-state index in [1.165, 1.54) is 0 Å². The smallest absolute Gasteiger partial charge is 0.321 e. The summed E-state index contributed by atoms with van der Waals surface area (Å²) in [5.74, 6) is 0.106. The van der Waals surface area contributed by atoms with E-state index < -0.39 is 6.04 Å². The van der Waals surface area contributed by atoms with Crippen LogP contribution in [-0.2, 0) is 14.3 Å². The number of urea groups is 1. The highest BCUT2D eigenvalue weighted by atomic mass is 16.5. The number of amides is 4. The first-order valence-electron chi connectivity index (χ1n) is 10.1. The van der Waals surface area contributed by atoms with Gasteiger partial charge in [-0.05, 0) is 17.8 Å². The Morgan fingerprint density at radius 3 is 2.43 bits per heavy atom. The maximum atomic E-state index is 13.0. The van der Waals surface area contributed by atoms with Crippen LogP contribution in [0.5, 0.6) is 0 Å². The summed E-state index contributed by atoms with van der Waals surface area (Å²) in [7, 11) is 1.61. The van der Waals surface area contributed by atoms with Crippen molar-refractivity contribution in [2.24, 2.45) is 11.3 Å². The van der Waals surface area contributed by atoms with Crippen molar-refractivity contribution in [1.29, 1.82) is 0 Å². The first-order valence-corrected chi connectivity index (χ1v) is 10.1. The molecule has 2 aliphatic heterocycles. The normalized spacial score (nSPS) is 22.9. The van der Waals surface area contributed by atoms with Gasteiger partial charge < -0.3 is 24.8 Å². The fraction of sp³-hybridized carbons (Fsp3) is 0.850. The topological polar surface area (TPSA) is 82.2 Å². The highest BCUT2D eigenvalue weighted by Gasteiger charge is 2.49. The quantitative estimate of drug-likeness (QED) is 0.667. The van der Waals surface area contributed by atoms with E-state index in [4.69, 9.17) is 4.74 Å². The van der Waals surface area contributed by atoms with Crippen LogP contribution < -0.4 is 5.32 Å². The standard InChI is InChI=1S/C20H36N4O4/c1-14(2)9-16-18(26)22(7-8-28-6)10-15-11-23(19(27)24(15)16)12-17(25)21-13-20(3,4)5/h14-16H,7-13H2,1-6H3,(H,21,25)/t15-,16-/m0/s1. The fourth-order valence-electron chi connectivity index (χ4n) is 3.74.